The third-order valence-corrected chi connectivity index (χ3v) is 2.78. The molecular formula is C12H19N3. The molecule has 3 heteroatoms. The lowest BCUT2D eigenvalue weighted by Crippen LogP contribution is -2.14. The number of hydrogen-bond donors (Lipinski definition) is 1. The van der Waals surface area contributed by atoms with Gasteiger partial charge >= 0.3 is 0 Å². The van der Waals surface area contributed by atoms with Gasteiger partial charge in [-0.15, -0.1) is 0 Å². The highest BCUT2D eigenvalue weighted by Gasteiger charge is 2.07. The molecule has 0 aliphatic carbocycles. The number of nitriles is 1. The van der Waals surface area contributed by atoms with Crippen LogP contribution in [-0.4, -0.2) is 11.1 Å². The summed E-state index contributed by atoms with van der Waals surface area (Å²) in [6.45, 7) is 6.15. The van der Waals surface area contributed by atoms with Crippen LogP contribution >= 0.6 is 0 Å². The second-order valence-corrected chi connectivity index (χ2v) is 3.84. The van der Waals surface area contributed by atoms with E-state index >= 15 is 0 Å². The first-order chi connectivity index (χ1) is 7.20. The Labute approximate surface area is 91.7 Å². The van der Waals surface area contributed by atoms with Crippen molar-refractivity contribution in [1.29, 1.82) is 5.26 Å². The van der Waals surface area contributed by atoms with Crippen molar-refractivity contribution < 1.29 is 0 Å². The van der Waals surface area contributed by atoms with Crippen molar-refractivity contribution in [3.8, 4) is 6.07 Å². The molecule has 0 atom stereocenters. The molecule has 3 nitrogen and oxygen atoms in total. The maximum absolute atomic E-state index is 8.87. The van der Waals surface area contributed by atoms with Gasteiger partial charge in [-0.05, 0) is 31.5 Å². The van der Waals surface area contributed by atoms with Crippen LogP contribution in [0.25, 0.3) is 0 Å². The number of aromatic nitrogens is 1. The van der Waals surface area contributed by atoms with Crippen LogP contribution in [0.4, 0.5) is 0 Å². The molecule has 15 heavy (non-hydrogen) atoms. The molecule has 0 fully saturated rings. The largest absolute Gasteiger partial charge is 0.340 e. The molecule has 0 spiro atoms. The van der Waals surface area contributed by atoms with E-state index in [2.05, 4.69) is 25.2 Å². The van der Waals surface area contributed by atoms with E-state index < -0.39 is 0 Å². The Morgan fingerprint density at radius 2 is 2.27 bits per heavy atom. The molecule has 82 valence electrons. The highest BCUT2D eigenvalue weighted by Crippen LogP contribution is 2.12. The molecule has 0 aliphatic rings. The Balaban J connectivity index is 2.59. The summed E-state index contributed by atoms with van der Waals surface area (Å²) in [6.07, 6.45) is 2.42. The van der Waals surface area contributed by atoms with E-state index in [9.17, 15) is 0 Å². The molecule has 0 saturated carbocycles. The fourth-order valence-corrected chi connectivity index (χ4v) is 1.57. The van der Waals surface area contributed by atoms with Gasteiger partial charge in [0.25, 0.3) is 0 Å². The molecule has 1 aromatic rings. The van der Waals surface area contributed by atoms with Gasteiger partial charge in [0, 0.05) is 19.3 Å². The zero-order valence-corrected chi connectivity index (χ0v) is 9.80. The van der Waals surface area contributed by atoms with E-state index in [1.54, 1.807) is 0 Å². The van der Waals surface area contributed by atoms with Crippen LogP contribution in [0.5, 0.6) is 0 Å². The molecule has 1 N–H and O–H groups in total. The normalized spacial score (nSPS) is 10.3. The van der Waals surface area contributed by atoms with Gasteiger partial charge in [0.15, 0.2) is 0 Å². The van der Waals surface area contributed by atoms with Crippen molar-refractivity contribution in [2.45, 2.75) is 33.2 Å². The van der Waals surface area contributed by atoms with Crippen LogP contribution in [0.2, 0.25) is 0 Å². The van der Waals surface area contributed by atoms with Gasteiger partial charge in [0.2, 0.25) is 0 Å². The minimum Gasteiger partial charge on any atom is -0.340 e. The van der Waals surface area contributed by atoms with Gasteiger partial charge < -0.3 is 9.88 Å². The third-order valence-electron chi connectivity index (χ3n) is 2.78. The maximum Gasteiger partial charge on any atom is 0.120 e. The summed E-state index contributed by atoms with van der Waals surface area (Å²) in [7, 11) is 1.93. The van der Waals surface area contributed by atoms with Crippen molar-refractivity contribution in [3.05, 3.63) is 23.0 Å². The summed E-state index contributed by atoms with van der Waals surface area (Å²) < 4.78 is 1.94. The third kappa shape index (κ3) is 2.84. The maximum atomic E-state index is 8.87. The fraction of sp³-hybridized carbons (Fsp3) is 0.583. The average molecular weight is 205 g/mol. The standard InChI is InChI=1S/C12H19N3/c1-4-5-6-14-9-11-7-12(8-13)15(3)10(11)2/h7,14H,4-6,9H2,1-3H3. The molecule has 0 bridgehead atoms. The Kier molecular flexibility index (Phi) is 4.38. The Bertz CT molecular complexity index is 358. The zero-order valence-electron chi connectivity index (χ0n) is 9.80. The van der Waals surface area contributed by atoms with Crippen LogP contribution in [0.3, 0.4) is 0 Å². The number of nitrogens with one attached hydrogen (secondary N) is 1. The lowest BCUT2D eigenvalue weighted by molar-refractivity contribution is 0.638. The quantitative estimate of drug-likeness (QED) is 0.748. The highest BCUT2D eigenvalue weighted by molar-refractivity contribution is 5.33. The highest BCUT2D eigenvalue weighted by atomic mass is 15.0. The van der Waals surface area contributed by atoms with Crippen LogP contribution in [0.1, 0.15) is 36.7 Å². The van der Waals surface area contributed by atoms with E-state index in [1.165, 1.54) is 24.1 Å². The van der Waals surface area contributed by atoms with E-state index in [1.807, 2.05) is 17.7 Å². The predicted octanol–water partition coefficient (Wildman–Crippen LogP) is 2.09. The Hall–Kier alpha value is -1.27. The Morgan fingerprint density at radius 3 is 2.80 bits per heavy atom. The van der Waals surface area contributed by atoms with Crippen LogP contribution in [-0.2, 0) is 13.6 Å². The predicted molar refractivity (Wildman–Crippen MR) is 61.5 cm³/mol. The van der Waals surface area contributed by atoms with Crippen molar-refractivity contribution in [2.75, 3.05) is 6.54 Å². The number of unbranched alkanes of at least 4 members (excludes halogenated alkanes) is 1. The smallest absolute Gasteiger partial charge is 0.120 e. The number of nitrogens with zero attached hydrogens (tertiary/aromatic N) is 2. The summed E-state index contributed by atoms with van der Waals surface area (Å²) in [5.41, 5.74) is 3.14. The molecule has 0 amide bonds. The second kappa shape index (κ2) is 5.57. The van der Waals surface area contributed by atoms with Gasteiger partial charge in [-0.3, -0.25) is 0 Å². The summed E-state index contributed by atoms with van der Waals surface area (Å²) in [4.78, 5) is 0. The second-order valence-electron chi connectivity index (χ2n) is 3.84. The van der Waals surface area contributed by atoms with Gasteiger partial charge in [-0.2, -0.15) is 5.26 Å². The van der Waals surface area contributed by atoms with Crippen LogP contribution < -0.4 is 5.32 Å². The summed E-state index contributed by atoms with van der Waals surface area (Å²) in [5, 5.41) is 12.3. The van der Waals surface area contributed by atoms with Crippen molar-refractivity contribution in [2.24, 2.45) is 7.05 Å². The molecule has 1 aromatic heterocycles. The SMILES string of the molecule is CCCCNCc1cc(C#N)n(C)c1C. The average Bonchev–Trinajstić information content (AvgIpc) is 2.52. The van der Waals surface area contributed by atoms with Gasteiger partial charge in [0.05, 0.1) is 0 Å². The van der Waals surface area contributed by atoms with Crippen LogP contribution in [0, 0.1) is 18.3 Å². The molecular weight excluding hydrogens is 186 g/mol. The minimum absolute atomic E-state index is 0.736. The summed E-state index contributed by atoms with van der Waals surface area (Å²) in [6, 6.07) is 4.16. The summed E-state index contributed by atoms with van der Waals surface area (Å²) in [5.74, 6) is 0. The lowest BCUT2D eigenvalue weighted by Gasteiger charge is -2.04. The van der Waals surface area contributed by atoms with Crippen molar-refractivity contribution in [3.63, 3.8) is 0 Å². The Morgan fingerprint density at radius 1 is 1.53 bits per heavy atom. The number of rotatable bonds is 5. The molecule has 0 unspecified atom stereocenters. The van der Waals surface area contributed by atoms with Crippen molar-refractivity contribution in [1.82, 2.24) is 9.88 Å². The molecule has 0 aromatic carbocycles. The van der Waals surface area contributed by atoms with E-state index in [0.717, 1.165) is 18.8 Å². The van der Waals surface area contributed by atoms with E-state index in [4.69, 9.17) is 5.26 Å². The first-order valence-corrected chi connectivity index (χ1v) is 5.46. The first kappa shape index (κ1) is 11.8. The van der Waals surface area contributed by atoms with Gasteiger partial charge in [0.1, 0.15) is 11.8 Å². The minimum atomic E-state index is 0.736. The lowest BCUT2D eigenvalue weighted by atomic mass is 10.2. The van der Waals surface area contributed by atoms with Crippen LogP contribution in [0.15, 0.2) is 6.07 Å². The topological polar surface area (TPSA) is 40.8 Å². The monoisotopic (exact) mass is 205 g/mol. The zero-order chi connectivity index (χ0) is 11.3. The molecule has 0 radical (unpaired) electrons. The molecule has 1 heterocycles. The fourth-order valence-electron chi connectivity index (χ4n) is 1.57. The molecule has 0 aliphatic heterocycles. The van der Waals surface area contributed by atoms with Gasteiger partial charge in [-0.25, -0.2) is 0 Å². The number of hydrogen-bond acceptors (Lipinski definition) is 2. The van der Waals surface area contributed by atoms with Gasteiger partial charge in [-0.1, -0.05) is 13.3 Å². The summed E-state index contributed by atoms with van der Waals surface area (Å²) >= 11 is 0. The first-order valence-electron chi connectivity index (χ1n) is 5.46. The van der Waals surface area contributed by atoms with Crippen molar-refractivity contribution >= 4 is 0 Å². The van der Waals surface area contributed by atoms with E-state index in [0.29, 0.717) is 0 Å². The van der Waals surface area contributed by atoms with E-state index in [-0.39, 0.29) is 0 Å². The molecule has 0 saturated heterocycles. The molecule has 1 rings (SSSR count).